The number of imidazole rings is 1. The number of piperazine rings is 2. The molecule has 1 saturated carbocycles. The standard InChI is InChI=1S/C43H57N9O4.C6H12N2O.C6H10/c1-44-29-39(53)52-22-8-11-36(52)42-47-28-37(56-42)33-19-15-31(16-20-33)30-13-17-32(18-14-30)35-27-46-38(48-35)12-6-7-21-45-41(54)40(34-9-4-3-5-10-34)49-43(55)51-25-23-50(2)24-26-51;1-7-2-4-8(6-9)5-3-7;1-3-5-6-4-2/h3-5,9-10,13-14,17-18,27-28,31,33,36,40,44H,6-8,11-12,15-16,19-26,29H2,1-2H3,(H,45,54)(H,46,48)(H,49,55);6H,2-5H2,1H3;3-6H,1-2H3/b;;5-3-,6-4-. The first-order valence-electron chi connectivity index (χ1n) is 25.8. The van der Waals surface area contributed by atoms with Gasteiger partial charge in [0.15, 0.2) is 0 Å². The van der Waals surface area contributed by atoms with Crippen LogP contribution in [-0.2, 0) is 20.8 Å². The molecule has 4 aromatic rings. The van der Waals surface area contributed by atoms with Gasteiger partial charge in [-0.2, -0.15) is 0 Å². The van der Waals surface area contributed by atoms with Crippen LogP contribution >= 0.6 is 0 Å². The molecule has 5 heterocycles. The highest BCUT2D eigenvalue weighted by Gasteiger charge is 2.34. The fraction of sp³-hybridized carbons (Fsp3) is 0.527. The highest BCUT2D eigenvalue weighted by molar-refractivity contribution is 5.88. The summed E-state index contributed by atoms with van der Waals surface area (Å²) in [5, 5.41) is 8.98. The molecule has 2 aromatic heterocycles. The number of aromatic amines is 1. The molecule has 3 saturated heterocycles. The molecular weight excluding hydrogens is 895 g/mol. The van der Waals surface area contributed by atoms with Gasteiger partial charge in [0.25, 0.3) is 0 Å². The number of nitrogens with zero attached hydrogens (tertiary/aromatic N) is 7. The van der Waals surface area contributed by atoms with Gasteiger partial charge in [-0.3, -0.25) is 14.4 Å². The van der Waals surface area contributed by atoms with Crippen LogP contribution in [-0.4, -0.2) is 157 Å². The van der Waals surface area contributed by atoms with Crippen molar-refractivity contribution in [3.8, 4) is 11.3 Å². The lowest BCUT2D eigenvalue weighted by Gasteiger charge is -2.33. The maximum Gasteiger partial charge on any atom is 0.318 e. The molecule has 8 rings (SSSR count). The number of aryl methyl sites for hydroxylation is 1. The molecular formula is C55H79N11O5. The maximum atomic E-state index is 13.3. The summed E-state index contributed by atoms with van der Waals surface area (Å²) in [5.74, 6) is 3.34. The SMILES string of the molecule is C/C=C\C=C/C.CN1CCN(C=O)CC1.CNCC(=O)N1CCCC1c1ncc(C2CCC(c3ccc(-c4cnc(CCCCNC(=O)C(NC(=O)N5CCN(C)CC5)c5ccccc5)[nH]4)cc3)CC2)o1. The van der Waals surface area contributed by atoms with E-state index in [-0.39, 0.29) is 23.9 Å². The van der Waals surface area contributed by atoms with Crippen LogP contribution < -0.4 is 16.0 Å². The molecule has 0 radical (unpaired) electrons. The van der Waals surface area contributed by atoms with Crippen molar-refractivity contribution in [1.29, 1.82) is 0 Å². The number of H-pyrrole nitrogens is 1. The average Bonchev–Trinajstić information content (AvgIpc) is 4.21. The second-order valence-corrected chi connectivity index (χ2v) is 19.1. The number of likely N-dealkylation sites (N-methyl/N-ethyl adjacent to an activating group) is 3. The van der Waals surface area contributed by atoms with Gasteiger partial charge in [0, 0.05) is 77.8 Å². The van der Waals surface area contributed by atoms with E-state index in [1.54, 1.807) is 16.8 Å². The van der Waals surface area contributed by atoms with Crippen LogP contribution in [0, 0.1) is 0 Å². The summed E-state index contributed by atoms with van der Waals surface area (Å²) in [5.41, 5.74) is 4.24. The van der Waals surface area contributed by atoms with Crippen LogP contribution in [0.3, 0.4) is 0 Å². The third-order valence-corrected chi connectivity index (χ3v) is 14.0. The van der Waals surface area contributed by atoms with Crippen molar-refractivity contribution >= 4 is 24.3 Å². The normalized spacial score (nSPS) is 20.2. The summed E-state index contributed by atoms with van der Waals surface area (Å²) in [4.78, 5) is 71.7. The lowest BCUT2D eigenvalue weighted by molar-refractivity contribution is -0.131. The number of hydrogen-bond acceptors (Lipinski definition) is 10. The fourth-order valence-electron chi connectivity index (χ4n) is 9.55. The predicted octanol–water partition coefficient (Wildman–Crippen LogP) is 7.06. The predicted molar refractivity (Wildman–Crippen MR) is 280 cm³/mol. The van der Waals surface area contributed by atoms with E-state index in [0.717, 1.165) is 138 Å². The molecule has 0 spiro atoms. The van der Waals surface area contributed by atoms with Crippen LogP contribution in [0.2, 0.25) is 0 Å². The van der Waals surface area contributed by atoms with Crippen molar-refractivity contribution in [2.75, 3.05) is 93.1 Å². The van der Waals surface area contributed by atoms with Gasteiger partial charge in [-0.15, -0.1) is 0 Å². The topological polar surface area (TPSA) is 175 Å². The van der Waals surface area contributed by atoms with Crippen LogP contribution in [0.25, 0.3) is 11.3 Å². The van der Waals surface area contributed by atoms with Crippen LogP contribution in [0.15, 0.2) is 95.7 Å². The summed E-state index contributed by atoms with van der Waals surface area (Å²) < 4.78 is 6.31. The Morgan fingerprint density at radius 2 is 1.45 bits per heavy atom. The Morgan fingerprint density at radius 3 is 2.10 bits per heavy atom. The van der Waals surface area contributed by atoms with Crippen molar-refractivity contribution in [3.63, 3.8) is 0 Å². The number of rotatable bonds is 16. The highest BCUT2D eigenvalue weighted by atomic mass is 16.4. The Bertz CT molecular complexity index is 2260. The molecule has 4 aliphatic rings. The number of allylic oxidation sites excluding steroid dienone is 4. The van der Waals surface area contributed by atoms with Crippen molar-refractivity contribution < 1.29 is 23.6 Å². The fourth-order valence-corrected chi connectivity index (χ4v) is 9.55. The number of carbonyl (C=O) groups excluding carboxylic acids is 4. The number of likely N-dealkylation sites (tertiary alicyclic amines) is 1. The molecule has 71 heavy (non-hydrogen) atoms. The number of benzene rings is 2. The molecule has 2 aromatic carbocycles. The van der Waals surface area contributed by atoms with E-state index < -0.39 is 6.04 Å². The first-order valence-corrected chi connectivity index (χ1v) is 25.8. The molecule has 3 aliphatic heterocycles. The quantitative estimate of drug-likeness (QED) is 0.0517. The first-order chi connectivity index (χ1) is 34.6. The number of carbonyl (C=O) groups is 4. The molecule has 2 atom stereocenters. The van der Waals surface area contributed by atoms with E-state index in [0.29, 0.717) is 43.9 Å². The third kappa shape index (κ3) is 16.5. The van der Waals surface area contributed by atoms with E-state index in [1.165, 1.54) is 5.56 Å². The van der Waals surface area contributed by atoms with Crippen LogP contribution in [0.4, 0.5) is 4.79 Å². The largest absolute Gasteiger partial charge is 0.443 e. The number of hydrogen-bond donors (Lipinski definition) is 4. The number of amides is 5. The molecule has 1 aliphatic carbocycles. The van der Waals surface area contributed by atoms with Gasteiger partial charge in [0.1, 0.15) is 23.7 Å². The van der Waals surface area contributed by atoms with Crippen molar-refractivity contribution in [2.45, 2.75) is 95.6 Å². The molecule has 4 N–H and O–H groups in total. The molecule has 384 valence electrons. The van der Waals surface area contributed by atoms with Crippen LogP contribution in [0.5, 0.6) is 0 Å². The molecule has 2 unspecified atom stereocenters. The monoisotopic (exact) mass is 974 g/mol. The molecule has 5 amide bonds. The molecule has 0 bridgehead atoms. The number of urea groups is 1. The lowest BCUT2D eigenvalue weighted by Crippen LogP contribution is -2.52. The van der Waals surface area contributed by atoms with Gasteiger partial charge in [-0.05, 0) is 109 Å². The smallest absolute Gasteiger partial charge is 0.318 e. The number of aromatic nitrogens is 3. The lowest BCUT2D eigenvalue weighted by atomic mass is 9.78. The highest BCUT2D eigenvalue weighted by Crippen LogP contribution is 2.42. The van der Waals surface area contributed by atoms with Crippen molar-refractivity contribution in [2.24, 2.45) is 0 Å². The third-order valence-electron chi connectivity index (χ3n) is 14.0. The zero-order valence-corrected chi connectivity index (χ0v) is 42.9. The summed E-state index contributed by atoms with van der Waals surface area (Å²) in [7, 11) is 5.92. The Labute approximate surface area is 421 Å². The zero-order valence-electron chi connectivity index (χ0n) is 42.9. The average molecular weight is 974 g/mol. The maximum absolute atomic E-state index is 13.3. The van der Waals surface area contributed by atoms with E-state index in [1.807, 2.05) is 92.8 Å². The Hall–Kier alpha value is -6.10. The zero-order chi connectivity index (χ0) is 50.4. The van der Waals surface area contributed by atoms with Gasteiger partial charge < -0.3 is 49.9 Å². The minimum atomic E-state index is -0.749. The minimum Gasteiger partial charge on any atom is -0.443 e. The second-order valence-electron chi connectivity index (χ2n) is 19.1. The minimum absolute atomic E-state index is 0.0568. The Kier molecular flexibility index (Phi) is 21.9. The van der Waals surface area contributed by atoms with E-state index in [9.17, 15) is 19.2 Å². The first kappa shape index (κ1) is 54.2. The van der Waals surface area contributed by atoms with Crippen molar-refractivity contribution in [3.05, 3.63) is 120 Å². The van der Waals surface area contributed by atoms with Gasteiger partial charge in [-0.1, -0.05) is 78.9 Å². The molecule has 16 nitrogen and oxygen atoms in total. The molecule has 4 fully saturated rings. The number of oxazole rings is 1. The van der Waals surface area contributed by atoms with E-state index in [2.05, 4.69) is 72.0 Å². The number of nitrogens with one attached hydrogen (secondary N) is 4. The van der Waals surface area contributed by atoms with Crippen molar-refractivity contribution in [1.82, 2.24) is 55.4 Å². The van der Waals surface area contributed by atoms with Gasteiger partial charge >= 0.3 is 6.03 Å². The summed E-state index contributed by atoms with van der Waals surface area (Å²) in [6.45, 7) is 12.3. The number of unbranched alkanes of at least 4 members (excludes halogenated alkanes) is 1. The van der Waals surface area contributed by atoms with E-state index in [4.69, 9.17) is 4.42 Å². The summed E-state index contributed by atoms with van der Waals surface area (Å²) in [6.07, 6.45) is 21.3. The van der Waals surface area contributed by atoms with Gasteiger partial charge in [-0.25, -0.2) is 14.8 Å². The van der Waals surface area contributed by atoms with Gasteiger partial charge in [0.2, 0.25) is 24.1 Å². The summed E-state index contributed by atoms with van der Waals surface area (Å²) in [6, 6.07) is 17.3. The Balaban J connectivity index is 0.000000473. The Morgan fingerprint density at radius 1 is 0.789 bits per heavy atom. The van der Waals surface area contributed by atoms with Gasteiger partial charge in [0.05, 0.1) is 24.6 Å². The molecule has 16 heteroatoms. The van der Waals surface area contributed by atoms with Crippen LogP contribution in [0.1, 0.15) is 118 Å². The second kappa shape index (κ2) is 28.7. The van der Waals surface area contributed by atoms with E-state index >= 15 is 0 Å². The summed E-state index contributed by atoms with van der Waals surface area (Å²) >= 11 is 0.